The van der Waals surface area contributed by atoms with Crippen LogP contribution in [0.25, 0.3) is 0 Å². The minimum atomic E-state index is 0.405. The standard InChI is InChI=1S/C15H24N2/c1-13(14-7-6-10-16-11-14)17-12-15(2)8-4-3-5-9-15/h6-7,10-11,13,17H,3-5,8-9,12H2,1-2H3. The predicted octanol–water partition coefficient (Wildman–Crippen LogP) is 3.70. The van der Waals surface area contributed by atoms with Crippen LogP contribution in [0.5, 0.6) is 0 Å². The van der Waals surface area contributed by atoms with Crippen LogP contribution in [0.1, 0.15) is 57.6 Å². The molecule has 1 aromatic rings. The maximum absolute atomic E-state index is 4.18. The first kappa shape index (κ1) is 12.6. The molecule has 1 aliphatic rings. The summed E-state index contributed by atoms with van der Waals surface area (Å²) in [4.78, 5) is 4.18. The van der Waals surface area contributed by atoms with Crippen molar-refractivity contribution in [3.8, 4) is 0 Å². The molecule has 1 unspecified atom stereocenters. The van der Waals surface area contributed by atoms with E-state index in [0.717, 1.165) is 6.54 Å². The second-order valence-corrected chi connectivity index (χ2v) is 5.76. The highest BCUT2D eigenvalue weighted by Crippen LogP contribution is 2.35. The van der Waals surface area contributed by atoms with Crippen LogP contribution in [0, 0.1) is 5.41 Å². The molecule has 0 saturated heterocycles. The molecule has 1 aromatic heterocycles. The van der Waals surface area contributed by atoms with Crippen molar-refractivity contribution < 1.29 is 0 Å². The smallest absolute Gasteiger partial charge is 0.0315 e. The first-order valence-corrected chi connectivity index (χ1v) is 6.83. The van der Waals surface area contributed by atoms with Gasteiger partial charge in [-0.15, -0.1) is 0 Å². The van der Waals surface area contributed by atoms with E-state index in [1.54, 1.807) is 0 Å². The molecule has 0 aliphatic heterocycles. The largest absolute Gasteiger partial charge is 0.310 e. The van der Waals surface area contributed by atoms with Crippen molar-refractivity contribution in [1.82, 2.24) is 10.3 Å². The van der Waals surface area contributed by atoms with Crippen molar-refractivity contribution in [1.29, 1.82) is 0 Å². The topological polar surface area (TPSA) is 24.9 Å². The Kier molecular flexibility index (Phi) is 4.16. The summed E-state index contributed by atoms with van der Waals surface area (Å²) in [5.74, 6) is 0. The SMILES string of the molecule is CC(NCC1(C)CCCCC1)c1cccnc1. The molecule has 2 rings (SSSR count). The zero-order chi connectivity index (χ0) is 12.1. The molecule has 1 atom stereocenters. The van der Waals surface area contributed by atoms with Gasteiger partial charge in [-0.25, -0.2) is 0 Å². The van der Waals surface area contributed by atoms with E-state index in [4.69, 9.17) is 0 Å². The molecule has 2 heteroatoms. The van der Waals surface area contributed by atoms with E-state index in [1.807, 2.05) is 18.5 Å². The van der Waals surface area contributed by atoms with Gasteiger partial charge in [0.15, 0.2) is 0 Å². The number of nitrogens with one attached hydrogen (secondary N) is 1. The van der Waals surface area contributed by atoms with Crippen molar-refractivity contribution in [3.05, 3.63) is 30.1 Å². The average Bonchev–Trinajstić information content (AvgIpc) is 2.38. The molecule has 1 fully saturated rings. The number of hydrogen-bond acceptors (Lipinski definition) is 2. The van der Waals surface area contributed by atoms with Crippen molar-refractivity contribution >= 4 is 0 Å². The Balaban J connectivity index is 1.85. The molecule has 94 valence electrons. The van der Waals surface area contributed by atoms with Gasteiger partial charge in [-0.05, 0) is 36.8 Å². The molecule has 1 aliphatic carbocycles. The third-order valence-corrected chi connectivity index (χ3v) is 4.08. The molecule has 0 radical (unpaired) electrons. The Bertz CT molecular complexity index is 328. The van der Waals surface area contributed by atoms with E-state index >= 15 is 0 Å². The molecule has 1 N–H and O–H groups in total. The number of rotatable bonds is 4. The normalized spacial score (nSPS) is 21.1. The zero-order valence-corrected chi connectivity index (χ0v) is 11.1. The Morgan fingerprint density at radius 3 is 2.76 bits per heavy atom. The fourth-order valence-corrected chi connectivity index (χ4v) is 2.73. The van der Waals surface area contributed by atoms with Gasteiger partial charge >= 0.3 is 0 Å². The monoisotopic (exact) mass is 232 g/mol. The maximum Gasteiger partial charge on any atom is 0.0315 e. The fourth-order valence-electron chi connectivity index (χ4n) is 2.73. The highest BCUT2D eigenvalue weighted by molar-refractivity contribution is 5.12. The Labute approximate surface area is 105 Å². The van der Waals surface area contributed by atoms with E-state index in [9.17, 15) is 0 Å². The highest BCUT2D eigenvalue weighted by atomic mass is 14.9. The highest BCUT2D eigenvalue weighted by Gasteiger charge is 2.26. The summed E-state index contributed by atoms with van der Waals surface area (Å²) in [6.45, 7) is 5.78. The lowest BCUT2D eigenvalue weighted by Gasteiger charge is -2.35. The van der Waals surface area contributed by atoms with E-state index in [0.29, 0.717) is 11.5 Å². The van der Waals surface area contributed by atoms with Crippen LogP contribution in [-0.2, 0) is 0 Å². The van der Waals surface area contributed by atoms with Crippen LogP contribution in [0.2, 0.25) is 0 Å². The van der Waals surface area contributed by atoms with E-state index in [1.165, 1.54) is 37.7 Å². The van der Waals surface area contributed by atoms with Gasteiger partial charge in [0, 0.05) is 25.0 Å². The lowest BCUT2D eigenvalue weighted by atomic mass is 9.75. The summed E-state index contributed by atoms with van der Waals surface area (Å²) in [5, 5.41) is 3.67. The van der Waals surface area contributed by atoms with Crippen LogP contribution in [-0.4, -0.2) is 11.5 Å². The third-order valence-electron chi connectivity index (χ3n) is 4.08. The minimum absolute atomic E-state index is 0.405. The summed E-state index contributed by atoms with van der Waals surface area (Å²) in [6.07, 6.45) is 10.8. The number of hydrogen-bond donors (Lipinski definition) is 1. The Hall–Kier alpha value is -0.890. The van der Waals surface area contributed by atoms with Crippen molar-refractivity contribution in [3.63, 3.8) is 0 Å². The quantitative estimate of drug-likeness (QED) is 0.856. The van der Waals surface area contributed by atoms with Gasteiger partial charge in [-0.2, -0.15) is 0 Å². The van der Waals surface area contributed by atoms with Gasteiger partial charge in [-0.3, -0.25) is 4.98 Å². The van der Waals surface area contributed by atoms with Gasteiger partial charge < -0.3 is 5.32 Å². The second kappa shape index (κ2) is 5.63. The average molecular weight is 232 g/mol. The molecule has 0 spiro atoms. The zero-order valence-electron chi connectivity index (χ0n) is 11.1. The summed E-state index contributed by atoms with van der Waals surface area (Å²) in [6, 6.07) is 4.56. The van der Waals surface area contributed by atoms with Gasteiger partial charge in [0.05, 0.1) is 0 Å². The minimum Gasteiger partial charge on any atom is -0.310 e. The first-order valence-electron chi connectivity index (χ1n) is 6.83. The van der Waals surface area contributed by atoms with E-state index in [2.05, 4.69) is 30.2 Å². The van der Waals surface area contributed by atoms with E-state index < -0.39 is 0 Å². The van der Waals surface area contributed by atoms with Crippen LogP contribution in [0.3, 0.4) is 0 Å². The van der Waals surface area contributed by atoms with Gasteiger partial charge in [0.25, 0.3) is 0 Å². The number of nitrogens with zero attached hydrogens (tertiary/aromatic N) is 1. The van der Waals surface area contributed by atoms with Crippen molar-refractivity contribution in [2.75, 3.05) is 6.54 Å². The molecule has 1 saturated carbocycles. The summed E-state index contributed by atoms with van der Waals surface area (Å²) < 4.78 is 0. The summed E-state index contributed by atoms with van der Waals surface area (Å²) >= 11 is 0. The molecular weight excluding hydrogens is 208 g/mol. The van der Waals surface area contributed by atoms with Gasteiger partial charge in [0.1, 0.15) is 0 Å². The fraction of sp³-hybridized carbons (Fsp3) is 0.667. The van der Waals surface area contributed by atoms with Crippen molar-refractivity contribution in [2.45, 2.75) is 52.0 Å². The molecular formula is C15H24N2. The van der Waals surface area contributed by atoms with Crippen LogP contribution in [0.4, 0.5) is 0 Å². The predicted molar refractivity (Wildman–Crippen MR) is 71.8 cm³/mol. The number of aromatic nitrogens is 1. The van der Waals surface area contributed by atoms with E-state index in [-0.39, 0.29) is 0 Å². The Morgan fingerprint density at radius 1 is 1.35 bits per heavy atom. The summed E-state index contributed by atoms with van der Waals surface area (Å²) in [5.41, 5.74) is 1.79. The second-order valence-electron chi connectivity index (χ2n) is 5.76. The molecule has 1 heterocycles. The van der Waals surface area contributed by atoms with Crippen LogP contribution >= 0.6 is 0 Å². The number of pyridine rings is 1. The van der Waals surface area contributed by atoms with Gasteiger partial charge in [0.2, 0.25) is 0 Å². The van der Waals surface area contributed by atoms with Crippen LogP contribution in [0.15, 0.2) is 24.5 Å². The molecule has 0 bridgehead atoms. The van der Waals surface area contributed by atoms with Crippen molar-refractivity contribution in [2.24, 2.45) is 5.41 Å². The Morgan fingerprint density at radius 2 is 2.12 bits per heavy atom. The lowest BCUT2D eigenvalue weighted by Crippen LogP contribution is -2.34. The molecule has 0 aromatic carbocycles. The molecule has 2 nitrogen and oxygen atoms in total. The molecule has 17 heavy (non-hydrogen) atoms. The van der Waals surface area contributed by atoms with Crippen LogP contribution < -0.4 is 5.32 Å². The third kappa shape index (κ3) is 3.53. The lowest BCUT2D eigenvalue weighted by molar-refractivity contribution is 0.202. The first-order chi connectivity index (χ1) is 8.20. The molecule has 0 amide bonds. The summed E-state index contributed by atoms with van der Waals surface area (Å²) in [7, 11) is 0. The maximum atomic E-state index is 4.18. The van der Waals surface area contributed by atoms with Gasteiger partial charge in [-0.1, -0.05) is 32.3 Å².